The molecule has 0 amide bonds. The highest BCUT2D eigenvalue weighted by Gasteiger charge is 2.31. The van der Waals surface area contributed by atoms with Gasteiger partial charge < -0.3 is 0 Å². The predicted molar refractivity (Wildman–Crippen MR) is 104 cm³/mol. The summed E-state index contributed by atoms with van der Waals surface area (Å²) in [7, 11) is 0. The zero-order chi connectivity index (χ0) is 19.2. The van der Waals surface area contributed by atoms with Crippen LogP contribution in [0.1, 0.15) is 20.7 Å². The van der Waals surface area contributed by atoms with Gasteiger partial charge in [-0.05, 0) is 6.07 Å². The van der Waals surface area contributed by atoms with Crippen molar-refractivity contribution in [3.05, 3.63) is 106 Å². The third-order valence-electron chi connectivity index (χ3n) is 3.90. The number of nitro benzene ring substituents is 1. The number of thioether (sulfide) groups is 1. The van der Waals surface area contributed by atoms with Crippen LogP contribution >= 0.6 is 11.8 Å². The number of hydrogen-bond donors (Lipinski definition) is 0. The van der Waals surface area contributed by atoms with Gasteiger partial charge in [0.2, 0.25) is 0 Å². The minimum absolute atomic E-state index is 0.130. The quantitative estimate of drug-likeness (QED) is 0.194. The Bertz CT molecular complexity index is 922. The standard InChI is InChI=1S/C21H15NO4S/c23-19(15-9-3-1-4-10-15)21(20(24)16-11-5-2-6-12-16)27-18-14-8-7-13-17(18)22(25)26/h1-14,21H. The smallest absolute Gasteiger partial charge is 0.282 e. The molecular formula is C21H15NO4S. The van der Waals surface area contributed by atoms with E-state index < -0.39 is 10.2 Å². The van der Waals surface area contributed by atoms with Gasteiger partial charge in [-0.15, -0.1) is 0 Å². The molecule has 0 aliphatic rings. The van der Waals surface area contributed by atoms with Crippen LogP contribution in [0.2, 0.25) is 0 Å². The van der Waals surface area contributed by atoms with Crippen LogP contribution in [-0.4, -0.2) is 21.7 Å². The lowest BCUT2D eigenvalue weighted by molar-refractivity contribution is -0.387. The first-order valence-electron chi connectivity index (χ1n) is 8.16. The molecule has 0 aliphatic carbocycles. The van der Waals surface area contributed by atoms with Gasteiger partial charge in [-0.3, -0.25) is 19.7 Å². The first-order valence-corrected chi connectivity index (χ1v) is 9.04. The van der Waals surface area contributed by atoms with Gasteiger partial charge in [0.25, 0.3) is 5.69 Å². The summed E-state index contributed by atoms with van der Waals surface area (Å²) >= 11 is 0.909. The lowest BCUT2D eigenvalue weighted by Crippen LogP contribution is -2.27. The summed E-state index contributed by atoms with van der Waals surface area (Å²) in [5.74, 6) is -0.764. The average Bonchev–Trinajstić information content (AvgIpc) is 2.72. The highest BCUT2D eigenvalue weighted by atomic mass is 32.2. The molecule has 0 unspecified atom stereocenters. The number of hydrogen-bond acceptors (Lipinski definition) is 5. The molecule has 3 aromatic rings. The normalized spacial score (nSPS) is 10.6. The lowest BCUT2D eigenvalue weighted by atomic mass is 10.0. The minimum atomic E-state index is -1.11. The van der Waals surface area contributed by atoms with Crippen molar-refractivity contribution in [1.82, 2.24) is 0 Å². The molecule has 6 heteroatoms. The number of ketones is 2. The zero-order valence-electron chi connectivity index (χ0n) is 14.1. The first kappa shape index (κ1) is 18.5. The monoisotopic (exact) mass is 377 g/mol. The fourth-order valence-corrected chi connectivity index (χ4v) is 3.73. The van der Waals surface area contributed by atoms with Gasteiger partial charge in [0.1, 0.15) is 5.25 Å². The predicted octanol–water partition coefficient (Wildman–Crippen LogP) is 4.82. The summed E-state index contributed by atoms with van der Waals surface area (Å²) in [5, 5.41) is 10.2. The van der Waals surface area contributed by atoms with E-state index in [2.05, 4.69) is 0 Å². The molecule has 0 spiro atoms. The Morgan fingerprint density at radius 3 is 1.67 bits per heavy atom. The molecular weight excluding hydrogens is 362 g/mol. The van der Waals surface area contributed by atoms with E-state index in [4.69, 9.17) is 0 Å². The highest BCUT2D eigenvalue weighted by Crippen LogP contribution is 2.34. The topological polar surface area (TPSA) is 77.3 Å². The minimum Gasteiger partial charge on any atom is -0.292 e. The van der Waals surface area contributed by atoms with Crippen molar-refractivity contribution < 1.29 is 14.5 Å². The molecule has 0 saturated carbocycles. The zero-order valence-corrected chi connectivity index (χ0v) is 15.0. The maximum Gasteiger partial charge on any atom is 0.282 e. The van der Waals surface area contributed by atoms with E-state index >= 15 is 0 Å². The van der Waals surface area contributed by atoms with Gasteiger partial charge in [-0.25, -0.2) is 0 Å². The summed E-state index contributed by atoms with van der Waals surface area (Å²) in [4.78, 5) is 37.1. The summed E-state index contributed by atoms with van der Waals surface area (Å²) in [6.07, 6.45) is 0. The Morgan fingerprint density at radius 2 is 1.19 bits per heavy atom. The Kier molecular flexibility index (Phi) is 5.78. The van der Waals surface area contributed by atoms with Crippen LogP contribution in [0.15, 0.2) is 89.8 Å². The molecule has 0 N–H and O–H groups in total. The molecule has 0 heterocycles. The molecule has 0 aliphatic heterocycles. The molecule has 27 heavy (non-hydrogen) atoms. The summed E-state index contributed by atoms with van der Waals surface area (Å²) in [6.45, 7) is 0. The summed E-state index contributed by atoms with van der Waals surface area (Å²) in [6, 6.07) is 23.1. The van der Waals surface area contributed by atoms with Gasteiger partial charge in [0.15, 0.2) is 11.6 Å². The van der Waals surface area contributed by atoms with Crippen molar-refractivity contribution in [3.63, 3.8) is 0 Å². The lowest BCUT2D eigenvalue weighted by Gasteiger charge is -2.15. The second-order valence-corrected chi connectivity index (χ2v) is 6.83. The molecule has 0 saturated heterocycles. The molecule has 0 radical (unpaired) electrons. The van der Waals surface area contributed by atoms with E-state index in [0.717, 1.165) is 11.8 Å². The van der Waals surface area contributed by atoms with E-state index in [1.807, 2.05) is 0 Å². The molecule has 3 aromatic carbocycles. The largest absolute Gasteiger partial charge is 0.292 e. The Balaban J connectivity index is 2.02. The van der Waals surface area contributed by atoms with Gasteiger partial charge in [0.05, 0.1) is 9.82 Å². The Labute approximate surface area is 160 Å². The third-order valence-corrected chi connectivity index (χ3v) is 5.16. The van der Waals surface area contributed by atoms with E-state index in [0.29, 0.717) is 11.1 Å². The van der Waals surface area contributed by atoms with Crippen LogP contribution in [0.4, 0.5) is 5.69 Å². The molecule has 0 bridgehead atoms. The van der Waals surface area contributed by atoms with Gasteiger partial charge in [-0.2, -0.15) is 0 Å². The maximum absolute atomic E-state index is 13.0. The van der Waals surface area contributed by atoms with E-state index in [-0.39, 0.29) is 22.1 Å². The first-order chi connectivity index (χ1) is 13.1. The second kappa shape index (κ2) is 8.42. The number of nitro groups is 1. The molecule has 5 nitrogen and oxygen atoms in total. The van der Waals surface area contributed by atoms with Gasteiger partial charge in [-0.1, -0.05) is 84.6 Å². The van der Waals surface area contributed by atoms with Crippen LogP contribution in [0, 0.1) is 10.1 Å². The number of carbonyl (C=O) groups is 2. The number of nitrogens with zero attached hydrogens (tertiary/aromatic N) is 1. The highest BCUT2D eigenvalue weighted by molar-refractivity contribution is 8.01. The van der Waals surface area contributed by atoms with Gasteiger partial charge >= 0.3 is 0 Å². The number of Topliss-reactive ketones (excluding diaryl/α,β-unsaturated/α-hetero) is 2. The second-order valence-electron chi connectivity index (χ2n) is 5.68. The van der Waals surface area contributed by atoms with Crippen molar-refractivity contribution in [1.29, 1.82) is 0 Å². The third kappa shape index (κ3) is 4.30. The number of rotatable bonds is 7. The van der Waals surface area contributed by atoms with Crippen LogP contribution in [-0.2, 0) is 0 Å². The molecule has 0 fully saturated rings. The van der Waals surface area contributed by atoms with Crippen molar-refractivity contribution >= 4 is 29.0 Å². The average molecular weight is 377 g/mol. The van der Waals surface area contributed by atoms with E-state index in [1.54, 1.807) is 78.9 Å². The van der Waals surface area contributed by atoms with Crippen molar-refractivity contribution in [2.45, 2.75) is 10.1 Å². The number of benzene rings is 3. The fraction of sp³-hybridized carbons (Fsp3) is 0.0476. The van der Waals surface area contributed by atoms with Crippen molar-refractivity contribution in [2.24, 2.45) is 0 Å². The number of para-hydroxylation sites is 1. The molecule has 134 valence electrons. The van der Waals surface area contributed by atoms with Crippen LogP contribution in [0.25, 0.3) is 0 Å². The van der Waals surface area contributed by atoms with Crippen LogP contribution in [0.5, 0.6) is 0 Å². The van der Waals surface area contributed by atoms with Crippen molar-refractivity contribution in [2.75, 3.05) is 0 Å². The summed E-state index contributed by atoms with van der Waals surface area (Å²) < 4.78 is 0. The molecule has 3 rings (SSSR count). The maximum atomic E-state index is 13.0. The molecule has 0 atom stereocenters. The van der Waals surface area contributed by atoms with Gasteiger partial charge in [0, 0.05) is 17.2 Å². The fourth-order valence-electron chi connectivity index (χ4n) is 2.57. The Hall–Kier alpha value is -3.25. The summed E-state index contributed by atoms with van der Waals surface area (Å²) in [5.41, 5.74) is 0.643. The number of carbonyl (C=O) groups excluding carboxylic acids is 2. The van der Waals surface area contributed by atoms with Crippen LogP contribution < -0.4 is 0 Å². The van der Waals surface area contributed by atoms with Crippen LogP contribution in [0.3, 0.4) is 0 Å². The van der Waals surface area contributed by atoms with E-state index in [9.17, 15) is 19.7 Å². The SMILES string of the molecule is O=C(c1ccccc1)C(Sc1ccccc1[N+](=O)[O-])C(=O)c1ccccc1. The molecule has 0 aromatic heterocycles. The Morgan fingerprint density at radius 1 is 0.741 bits per heavy atom. The van der Waals surface area contributed by atoms with Crippen molar-refractivity contribution in [3.8, 4) is 0 Å². The van der Waals surface area contributed by atoms with E-state index in [1.165, 1.54) is 6.07 Å².